The molecule has 0 aromatic heterocycles. The van der Waals surface area contributed by atoms with Gasteiger partial charge in [0.15, 0.2) is 0 Å². The number of hydrogen-bond donors (Lipinski definition) is 1. The van der Waals surface area contributed by atoms with E-state index < -0.39 is 0 Å². The van der Waals surface area contributed by atoms with Crippen molar-refractivity contribution in [1.29, 1.82) is 0 Å². The topological polar surface area (TPSA) is 47.0 Å². The second kappa shape index (κ2) is 6.63. The van der Waals surface area contributed by atoms with Crippen LogP contribution < -0.4 is 0 Å². The van der Waals surface area contributed by atoms with Gasteiger partial charge in [0.1, 0.15) is 0 Å². The minimum Gasteiger partial charge on any atom is -0.393 e. The lowest BCUT2D eigenvalue weighted by Gasteiger charge is -2.35. The number of hydrogen-bond acceptors (Lipinski definition) is 4. The third-order valence-electron chi connectivity index (χ3n) is 5.63. The van der Waals surface area contributed by atoms with E-state index in [2.05, 4.69) is 16.8 Å². The Morgan fingerprint density at radius 3 is 2.48 bits per heavy atom. The maximum absolute atomic E-state index is 12.5. The van der Waals surface area contributed by atoms with E-state index in [9.17, 15) is 9.90 Å². The molecular weight excluding hydrogens is 266 g/mol. The van der Waals surface area contributed by atoms with Gasteiger partial charge in [-0.15, -0.1) is 0 Å². The summed E-state index contributed by atoms with van der Waals surface area (Å²) in [5.41, 5.74) is 0. The molecule has 5 heteroatoms. The number of rotatable bonds is 3. The van der Waals surface area contributed by atoms with Crippen LogP contribution in [0.15, 0.2) is 0 Å². The molecule has 0 aromatic carbocycles. The van der Waals surface area contributed by atoms with Crippen LogP contribution in [0.3, 0.4) is 0 Å². The molecule has 21 heavy (non-hydrogen) atoms. The van der Waals surface area contributed by atoms with Crippen LogP contribution in [0.5, 0.6) is 0 Å². The number of amides is 1. The molecule has 3 atom stereocenters. The number of carbonyl (C=O) groups excluding carboxylic acids is 1. The first kappa shape index (κ1) is 15.3. The summed E-state index contributed by atoms with van der Waals surface area (Å²) in [4.78, 5) is 19.1. The maximum Gasteiger partial charge on any atom is 0.236 e. The molecule has 120 valence electrons. The minimum atomic E-state index is -0.144. The average Bonchev–Trinajstić information content (AvgIpc) is 3.08. The van der Waals surface area contributed by atoms with E-state index in [-0.39, 0.29) is 12.0 Å². The van der Waals surface area contributed by atoms with Crippen LogP contribution >= 0.6 is 0 Å². The van der Waals surface area contributed by atoms with E-state index in [0.29, 0.717) is 18.5 Å². The van der Waals surface area contributed by atoms with Crippen LogP contribution in [0.2, 0.25) is 0 Å². The van der Waals surface area contributed by atoms with E-state index in [1.54, 1.807) is 0 Å². The predicted molar refractivity (Wildman–Crippen MR) is 82.0 cm³/mol. The summed E-state index contributed by atoms with van der Waals surface area (Å²) >= 11 is 0. The zero-order chi connectivity index (χ0) is 14.8. The number of likely N-dealkylation sites (tertiary alicyclic amines) is 1. The summed E-state index contributed by atoms with van der Waals surface area (Å²) in [5, 5.41) is 10.2. The summed E-state index contributed by atoms with van der Waals surface area (Å²) in [5.74, 6) is 0.676. The smallest absolute Gasteiger partial charge is 0.236 e. The Labute approximate surface area is 127 Å². The fraction of sp³-hybridized carbons (Fsp3) is 0.938. The van der Waals surface area contributed by atoms with E-state index in [0.717, 1.165) is 58.4 Å². The summed E-state index contributed by atoms with van der Waals surface area (Å²) in [6, 6.07) is 0.430. The molecule has 1 saturated carbocycles. The predicted octanol–water partition coefficient (Wildman–Crippen LogP) is 0.386. The molecule has 2 aliphatic heterocycles. The Bertz CT molecular complexity index is 369. The molecule has 3 fully saturated rings. The summed E-state index contributed by atoms with van der Waals surface area (Å²) in [7, 11) is 2.11. The Morgan fingerprint density at radius 1 is 1.05 bits per heavy atom. The zero-order valence-electron chi connectivity index (χ0n) is 13.2. The molecule has 2 heterocycles. The first-order valence-corrected chi connectivity index (χ1v) is 8.53. The molecular formula is C16H29N3O2. The lowest BCUT2D eigenvalue weighted by atomic mass is 9.94. The van der Waals surface area contributed by atoms with Crippen molar-refractivity contribution < 1.29 is 9.90 Å². The highest BCUT2D eigenvalue weighted by Crippen LogP contribution is 2.35. The fourth-order valence-electron chi connectivity index (χ4n) is 4.28. The van der Waals surface area contributed by atoms with E-state index in [4.69, 9.17) is 0 Å². The van der Waals surface area contributed by atoms with E-state index in [1.165, 1.54) is 6.42 Å². The Kier molecular flexibility index (Phi) is 4.82. The third-order valence-corrected chi connectivity index (χ3v) is 5.63. The van der Waals surface area contributed by atoms with Crippen molar-refractivity contribution in [3.8, 4) is 0 Å². The van der Waals surface area contributed by atoms with Crippen LogP contribution in [0.4, 0.5) is 0 Å². The number of aliphatic hydroxyl groups excluding tert-OH is 1. The molecule has 1 amide bonds. The Hall–Kier alpha value is -0.650. The van der Waals surface area contributed by atoms with Crippen LogP contribution in [0.25, 0.3) is 0 Å². The molecule has 1 N–H and O–H groups in total. The van der Waals surface area contributed by atoms with Crippen LogP contribution in [0, 0.1) is 5.92 Å². The molecule has 5 nitrogen and oxygen atoms in total. The van der Waals surface area contributed by atoms with Gasteiger partial charge in [-0.25, -0.2) is 0 Å². The highest BCUT2D eigenvalue weighted by atomic mass is 16.3. The number of likely N-dealkylation sites (N-methyl/N-ethyl adjacent to an activating group) is 1. The molecule has 3 unspecified atom stereocenters. The lowest BCUT2D eigenvalue weighted by molar-refractivity contribution is -0.134. The highest BCUT2D eigenvalue weighted by molar-refractivity contribution is 5.78. The molecule has 0 spiro atoms. The van der Waals surface area contributed by atoms with Crippen molar-refractivity contribution in [3.05, 3.63) is 0 Å². The van der Waals surface area contributed by atoms with Crippen LogP contribution in [0.1, 0.15) is 32.1 Å². The number of aliphatic hydroxyl groups is 1. The second-order valence-electron chi connectivity index (χ2n) is 7.03. The van der Waals surface area contributed by atoms with Gasteiger partial charge in [0.05, 0.1) is 12.6 Å². The van der Waals surface area contributed by atoms with Gasteiger partial charge in [0.2, 0.25) is 5.91 Å². The van der Waals surface area contributed by atoms with Gasteiger partial charge in [-0.2, -0.15) is 0 Å². The van der Waals surface area contributed by atoms with Crippen molar-refractivity contribution >= 4 is 5.91 Å². The van der Waals surface area contributed by atoms with Crippen LogP contribution in [-0.2, 0) is 4.79 Å². The third kappa shape index (κ3) is 3.41. The highest BCUT2D eigenvalue weighted by Gasteiger charge is 2.39. The maximum atomic E-state index is 12.5. The number of piperazine rings is 1. The van der Waals surface area contributed by atoms with Gasteiger partial charge >= 0.3 is 0 Å². The molecule has 0 bridgehead atoms. The van der Waals surface area contributed by atoms with Crippen molar-refractivity contribution in [2.45, 2.75) is 44.2 Å². The van der Waals surface area contributed by atoms with Crippen molar-refractivity contribution in [1.82, 2.24) is 14.7 Å². The molecule has 0 radical (unpaired) electrons. The Morgan fingerprint density at radius 2 is 1.81 bits per heavy atom. The average molecular weight is 295 g/mol. The van der Waals surface area contributed by atoms with Crippen LogP contribution in [-0.4, -0.2) is 84.2 Å². The largest absolute Gasteiger partial charge is 0.393 e. The molecule has 0 aromatic rings. The van der Waals surface area contributed by atoms with Gasteiger partial charge in [-0.3, -0.25) is 9.69 Å². The van der Waals surface area contributed by atoms with Gasteiger partial charge in [0, 0.05) is 38.1 Å². The fourth-order valence-corrected chi connectivity index (χ4v) is 4.28. The monoisotopic (exact) mass is 295 g/mol. The van der Waals surface area contributed by atoms with Crippen molar-refractivity contribution in [2.24, 2.45) is 5.92 Å². The Balaban J connectivity index is 1.54. The van der Waals surface area contributed by atoms with Gasteiger partial charge < -0.3 is 14.9 Å². The first-order valence-electron chi connectivity index (χ1n) is 8.53. The van der Waals surface area contributed by atoms with E-state index >= 15 is 0 Å². The molecule has 2 saturated heterocycles. The number of carbonyl (C=O) groups is 1. The van der Waals surface area contributed by atoms with Gasteiger partial charge in [0.25, 0.3) is 0 Å². The summed E-state index contributed by atoms with van der Waals surface area (Å²) in [6.45, 7) is 5.26. The van der Waals surface area contributed by atoms with Crippen molar-refractivity contribution in [2.75, 3.05) is 46.3 Å². The number of nitrogens with zero attached hydrogens (tertiary/aromatic N) is 3. The van der Waals surface area contributed by atoms with E-state index in [1.807, 2.05) is 4.90 Å². The van der Waals surface area contributed by atoms with Crippen molar-refractivity contribution in [3.63, 3.8) is 0 Å². The normalized spacial score (nSPS) is 35.5. The SMILES string of the molecule is CN1CCN(C(=O)CN2CCCC2C2CCCC2O)CC1. The summed E-state index contributed by atoms with van der Waals surface area (Å²) < 4.78 is 0. The van der Waals surface area contributed by atoms with Gasteiger partial charge in [-0.1, -0.05) is 6.42 Å². The standard InChI is InChI=1S/C16H29N3O2/c1-17-8-10-18(11-9-17)16(21)12-19-7-3-5-14(19)13-4-2-6-15(13)20/h13-15,20H,2-12H2,1H3. The molecule has 3 rings (SSSR count). The zero-order valence-corrected chi connectivity index (χ0v) is 13.2. The molecule has 1 aliphatic carbocycles. The first-order chi connectivity index (χ1) is 10.1. The minimum absolute atomic E-state index is 0.144. The molecule has 3 aliphatic rings. The lowest BCUT2D eigenvalue weighted by Crippen LogP contribution is -2.51. The quantitative estimate of drug-likeness (QED) is 0.818. The second-order valence-corrected chi connectivity index (χ2v) is 7.03. The van der Waals surface area contributed by atoms with Gasteiger partial charge in [-0.05, 0) is 39.3 Å². The summed E-state index contributed by atoms with van der Waals surface area (Å²) in [6.07, 6.45) is 5.39.